The van der Waals surface area contributed by atoms with Gasteiger partial charge in [0.1, 0.15) is 0 Å². The first kappa shape index (κ1) is 18.6. The lowest BCUT2D eigenvalue weighted by molar-refractivity contribution is 0.0892. The first-order valence-corrected chi connectivity index (χ1v) is 8.36. The molecular weight excluding hydrogens is 348 g/mol. The third-order valence-corrected chi connectivity index (χ3v) is 4.14. The van der Waals surface area contributed by atoms with E-state index in [4.69, 9.17) is 9.47 Å². The number of nitrogens with zero attached hydrogens (tertiary/aromatic N) is 5. The number of nitrogens with one attached hydrogen (secondary N) is 1. The van der Waals surface area contributed by atoms with Crippen LogP contribution in [0, 0.1) is 0 Å². The minimum atomic E-state index is -0.313. The highest BCUT2D eigenvalue weighted by Crippen LogP contribution is 2.20. The smallest absolute Gasteiger partial charge is 0.314 e. The number of rotatable bonds is 7. The lowest BCUT2D eigenvalue weighted by atomic mass is 10.1. The summed E-state index contributed by atoms with van der Waals surface area (Å²) >= 11 is 0. The van der Waals surface area contributed by atoms with Crippen molar-refractivity contribution in [1.29, 1.82) is 0 Å². The summed E-state index contributed by atoms with van der Waals surface area (Å²) in [4.78, 5) is 17.1. The Hall–Kier alpha value is -3.20. The highest BCUT2D eigenvalue weighted by molar-refractivity contribution is 5.95. The van der Waals surface area contributed by atoms with Gasteiger partial charge in [0.05, 0.1) is 25.5 Å². The Morgan fingerprint density at radius 2 is 2.04 bits per heavy atom. The summed E-state index contributed by atoms with van der Waals surface area (Å²) in [6.45, 7) is 0.337. The van der Waals surface area contributed by atoms with Gasteiger partial charge in [0, 0.05) is 38.5 Å². The summed E-state index contributed by atoms with van der Waals surface area (Å²) in [6.07, 6.45) is 1.69. The van der Waals surface area contributed by atoms with Crippen LogP contribution in [0.15, 0.2) is 36.5 Å². The molecule has 0 aliphatic rings. The zero-order valence-electron chi connectivity index (χ0n) is 15.7. The number of hydrogen-bond donors (Lipinski definition) is 1. The molecular formula is C18H22N6O3. The summed E-state index contributed by atoms with van der Waals surface area (Å²) in [5, 5.41) is 11.5. The van der Waals surface area contributed by atoms with E-state index in [1.807, 2.05) is 19.2 Å². The van der Waals surface area contributed by atoms with Gasteiger partial charge in [0.2, 0.25) is 0 Å². The molecule has 0 aliphatic carbocycles. The second kappa shape index (κ2) is 8.00. The molecule has 0 saturated carbocycles. The van der Waals surface area contributed by atoms with Gasteiger partial charge in [-0.25, -0.2) is 4.68 Å². The number of methoxy groups -OCH3 is 2. The number of carbonyl (C=O) groups is 1. The Labute approximate surface area is 156 Å². The number of carbonyl (C=O) groups excluding carboxylic acids is 1. The predicted molar refractivity (Wildman–Crippen MR) is 98.3 cm³/mol. The zero-order valence-corrected chi connectivity index (χ0v) is 15.7. The van der Waals surface area contributed by atoms with Crippen molar-refractivity contribution >= 4 is 5.91 Å². The maximum absolute atomic E-state index is 12.8. The van der Waals surface area contributed by atoms with Gasteiger partial charge in [0.15, 0.2) is 5.82 Å². The van der Waals surface area contributed by atoms with E-state index in [9.17, 15) is 4.79 Å². The summed E-state index contributed by atoms with van der Waals surface area (Å²) in [5.41, 5.74) is 2.09. The largest absolute Gasteiger partial charge is 0.467 e. The van der Waals surface area contributed by atoms with Gasteiger partial charge in [-0.05, 0) is 18.2 Å². The van der Waals surface area contributed by atoms with Crippen LogP contribution in [0.2, 0.25) is 0 Å². The van der Waals surface area contributed by atoms with Crippen molar-refractivity contribution in [3.63, 3.8) is 0 Å². The third-order valence-electron chi connectivity index (χ3n) is 4.14. The molecule has 2 aromatic heterocycles. The van der Waals surface area contributed by atoms with Crippen LogP contribution in [0.5, 0.6) is 6.01 Å². The minimum Gasteiger partial charge on any atom is -0.467 e. The van der Waals surface area contributed by atoms with Crippen LogP contribution in [-0.2, 0) is 18.8 Å². The van der Waals surface area contributed by atoms with Crippen molar-refractivity contribution in [2.24, 2.45) is 14.1 Å². The van der Waals surface area contributed by atoms with E-state index >= 15 is 0 Å². The van der Waals surface area contributed by atoms with E-state index in [0.717, 1.165) is 11.3 Å². The third kappa shape index (κ3) is 3.98. The maximum atomic E-state index is 12.8. The lowest BCUT2D eigenvalue weighted by Crippen LogP contribution is -2.32. The van der Waals surface area contributed by atoms with Gasteiger partial charge in [-0.2, -0.15) is 10.1 Å². The summed E-state index contributed by atoms with van der Waals surface area (Å²) < 4.78 is 13.6. The van der Waals surface area contributed by atoms with Gasteiger partial charge in [0.25, 0.3) is 5.91 Å². The van der Waals surface area contributed by atoms with Gasteiger partial charge < -0.3 is 14.8 Å². The van der Waals surface area contributed by atoms with E-state index in [1.54, 1.807) is 47.9 Å². The van der Waals surface area contributed by atoms with E-state index in [-0.39, 0.29) is 11.9 Å². The minimum absolute atomic E-state index is 0.219. The molecule has 0 bridgehead atoms. The van der Waals surface area contributed by atoms with Crippen LogP contribution < -0.4 is 10.1 Å². The summed E-state index contributed by atoms with van der Waals surface area (Å²) in [7, 11) is 6.70. The molecule has 0 saturated heterocycles. The first-order chi connectivity index (χ1) is 13.0. The van der Waals surface area contributed by atoms with Gasteiger partial charge >= 0.3 is 6.01 Å². The Morgan fingerprint density at radius 3 is 2.67 bits per heavy atom. The van der Waals surface area contributed by atoms with Crippen molar-refractivity contribution in [3.05, 3.63) is 47.8 Å². The fraction of sp³-hybridized carbons (Fsp3) is 0.333. The molecule has 0 aliphatic heterocycles. The molecule has 0 radical (unpaired) electrons. The Bertz CT molecular complexity index is 933. The molecule has 1 aromatic carbocycles. The molecule has 1 N–H and O–H groups in total. The van der Waals surface area contributed by atoms with E-state index in [0.29, 0.717) is 24.0 Å². The number of ether oxygens (including phenoxy) is 2. The van der Waals surface area contributed by atoms with Crippen LogP contribution in [0.25, 0.3) is 11.4 Å². The number of amides is 1. The molecule has 0 fully saturated rings. The Kier molecular flexibility index (Phi) is 5.51. The van der Waals surface area contributed by atoms with Crippen molar-refractivity contribution in [2.75, 3.05) is 20.8 Å². The van der Waals surface area contributed by atoms with Crippen LogP contribution >= 0.6 is 0 Å². The fourth-order valence-electron chi connectivity index (χ4n) is 2.80. The van der Waals surface area contributed by atoms with Crippen LogP contribution in [-0.4, -0.2) is 51.3 Å². The van der Waals surface area contributed by atoms with Crippen molar-refractivity contribution < 1.29 is 14.3 Å². The quantitative estimate of drug-likeness (QED) is 0.674. The zero-order chi connectivity index (χ0) is 19.4. The number of hydrogen-bond acceptors (Lipinski definition) is 6. The van der Waals surface area contributed by atoms with Crippen molar-refractivity contribution in [2.45, 2.75) is 6.04 Å². The van der Waals surface area contributed by atoms with Gasteiger partial charge in [-0.1, -0.05) is 12.1 Å². The molecule has 0 spiro atoms. The molecule has 3 rings (SSSR count). The highest BCUT2D eigenvalue weighted by atomic mass is 16.5. The van der Waals surface area contributed by atoms with Gasteiger partial charge in [-0.15, -0.1) is 5.10 Å². The van der Waals surface area contributed by atoms with Crippen LogP contribution in [0.3, 0.4) is 0 Å². The monoisotopic (exact) mass is 370 g/mol. The molecule has 3 aromatic rings. The van der Waals surface area contributed by atoms with E-state index in [2.05, 4.69) is 20.5 Å². The van der Waals surface area contributed by atoms with Crippen LogP contribution in [0.1, 0.15) is 22.1 Å². The standard InChI is InChI=1S/C18H22N6O3/c1-23-15(8-9-19-23)14(11-26-3)20-17(25)13-7-5-6-12(10-13)16-21-18(27-4)24(2)22-16/h5-10,14H,11H2,1-4H3,(H,20,25)/t14-/m0/s1. The van der Waals surface area contributed by atoms with E-state index in [1.165, 1.54) is 7.11 Å². The van der Waals surface area contributed by atoms with E-state index < -0.39 is 0 Å². The fourth-order valence-corrected chi connectivity index (χ4v) is 2.80. The number of benzene rings is 1. The molecule has 142 valence electrons. The molecule has 0 unspecified atom stereocenters. The molecule has 9 heteroatoms. The molecule has 27 heavy (non-hydrogen) atoms. The predicted octanol–water partition coefficient (Wildman–Crippen LogP) is 1.34. The number of aromatic nitrogens is 5. The van der Waals surface area contributed by atoms with Crippen molar-refractivity contribution in [1.82, 2.24) is 29.9 Å². The Balaban J connectivity index is 1.83. The average molecular weight is 370 g/mol. The molecule has 1 atom stereocenters. The van der Waals surface area contributed by atoms with Crippen molar-refractivity contribution in [3.8, 4) is 17.4 Å². The molecule has 1 amide bonds. The molecule has 9 nitrogen and oxygen atoms in total. The summed E-state index contributed by atoms with van der Waals surface area (Å²) in [6, 6.07) is 9.07. The SMILES string of the molecule is COC[C@H](NC(=O)c1cccc(-c2nc(OC)n(C)n2)c1)c1ccnn1C. The van der Waals surface area contributed by atoms with Crippen LogP contribution in [0.4, 0.5) is 0 Å². The normalized spacial score (nSPS) is 12.0. The topological polar surface area (TPSA) is 96.1 Å². The summed E-state index contributed by atoms with van der Waals surface area (Å²) in [5.74, 6) is 0.270. The Morgan fingerprint density at radius 1 is 1.22 bits per heavy atom. The van der Waals surface area contributed by atoms with Gasteiger partial charge in [-0.3, -0.25) is 9.48 Å². The second-order valence-corrected chi connectivity index (χ2v) is 5.99. The molecule has 2 heterocycles. The lowest BCUT2D eigenvalue weighted by Gasteiger charge is -2.18. The second-order valence-electron chi connectivity index (χ2n) is 5.99. The number of aryl methyl sites for hydroxylation is 2. The maximum Gasteiger partial charge on any atom is 0.314 e. The average Bonchev–Trinajstić information content (AvgIpc) is 3.26. The first-order valence-electron chi connectivity index (χ1n) is 8.36. The highest BCUT2D eigenvalue weighted by Gasteiger charge is 2.19.